The molecule has 1 rings (SSSR count). The number of likely N-dealkylation sites (N-methyl/N-ethyl adjacent to an activating group) is 1. The topological polar surface area (TPSA) is 62.8 Å². The van der Waals surface area contributed by atoms with Gasteiger partial charge in [0.2, 0.25) is 0 Å². The molecule has 0 unspecified atom stereocenters. The second-order valence-corrected chi connectivity index (χ2v) is 4.51. The number of nitrogens with zero attached hydrogens (tertiary/aromatic N) is 1. The molecule has 21 heavy (non-hydrogen) atoms. The predicted molar refractivity (Wildman–Crippen MR) is 84.4 cm³/mol. The second kappa shape index (κ2) is 9.07. The predicted octanol–water partition coefficient (Wildman–Crippen LogP) is 2.17. The molecule has 118 valence electrons. The van der Waals surface area contributed by atoms with Crippen LogP contribution in [0.15, 0.2) is 18.2 Å². The van der Waals surface area contributed by atoms with Crippen LogP contribution in [0, 0.1) is 0 Å². The minimum absolute atomic E-state index is 0.238. The first-order valence-electron chi connectivity index (χ1n) is 7.13. The molecule has 2 N–H and O–H groups in total. The lowest BCUT2D eigenvalue weighted by molar-refractivity contribution is 0.248. The van der Waals surface area contributed by atoms with Crippen molar-refractivity contribution in [1.82, 2.24) is 10.2 Å². The zero-order valence-corrected chi connectivity index (χ0v) is 13.2. The van der Waals surface area contributed by atoms with Gasteiger partial charge < -0.3 is 25.0 Å². The van der Waals surface area contributed by atoms with E-state index in [1.54, 1.807) is 32.4 Å². The summed E-state index contributed by atoms with van der Waals surface area (Å²) in [4.78, 5) is 14.1. The fourth-order valence-electron chi connectivity index (χ4n) is 1.92. The van der Waals surface area contributed by atoms with Crippen molar-refractivity contribution in [3.8, 4) is 11.5 Å². The van der Waals surface area contributed by atoms with Gasteiger partial charge in [-0.3, -0.25) is 0 Å². The van der Waals surface area contributed by atoms with Gasteiger partial charge in [-0.1, -0.05) is 13.8 Å². The number of methoxy groups -OCH3 is 2. The maximum Gasteiger partial charge on any atom is 0.319 e. The standard InChI is InChI=1S/C15H25N3O3/c1-5-18(6-2)8-7-16-15(19)17-12-9-13(20-3)11-14(10-12)21-4/h9-11H,5-8H2,1-4H3,(H2,16,17,19). The van der Waals surface area contributed by atoms with E-state index < -0.39 is 0 Å². The van der Waals surface area contributed by atoms with E-state index in [2.05, 4.69) is 29.4 Å². The van der Waals surface area contributed by atoms with Crippen molar-refractivity contribution in [3.63, 3.8) is 0 Å². The Labute approximate surface area is 126 Å². The lowest BCUT2D eigenvalue weighted by Gasteiger charge is -2.18. The van der Waals surface area contributed by atoms with E-state index in [9.17, 15) is 4.79 Å². The van der Waals surface area contributed by atoms with Crippen molar-refractivity contribution in [1.29, 1.82) is 0 Å². The first-order valence-corrected chi connectivity index (χ1v) is 7.13. The van der Waals surface area contributed by atoms with Gasteiger partial charge in [0.1, 0.15) is 11.5 Å². The molecule has 0 aliphatic carbocycles. The minimum atomic E-state index is -0.238. The molecule has 2 amide bonds. The van der Waals surface area contributed by atoms with Gasteiger partial charge in [0.25, 0.3) is 0 Å². The van der Waals surface area contributed by atoms with E-state index >= 15 is 0 Å². The Morgan fingerprint density at radius 3 is 2.14 bits per heavy atom. The summed E-state index contributed by atoms with van der Waals surface area (Å²) in [7, 11) is 3.14. The van der Waals surface area contributed by atoms with E-state index in [-0.39, 0.29) is 6.03 Å². The SMILES string of the molecule is CCN(CC)CCNC(=O)Nc1cc(OC)cc(OC)c1. The number of ether oxygens (including phenoxy) is 2. The van der Waals surface area contributed by atoms with Gasteiger partial charge in [0, 0.05) is 37.0 Å². The van der Waals surface area contributed by atoms with Gasteiger partial charge >= 0.3 is 6.03 Å². The van der Waals surface area contributed by atoms with E-state index in [1.807, 2.05) is 0 Å². The van der Waals surface area contributed by atoms with E-state index in [1.165, 1.54) is 0 Å². The zero-order valence-electron chi connectivity index (χ0n) is 13.2. The third-order valence-corrected chi connectivity index (χ3v) is 3.22. The highest BCUT2D eigenvalue weighted by molar-refractivity contribution is 5.89. The largest absolute Gasteiger partial charge is 0.497 e. The first-order chi connectivity index (χ1) is 10.1. The van der Waals surface area contributed by atoms with Crippen LogP contribution in [-0.2, 0) is 0 Å². The summed E-state index contributed by atoms with van der Waals surface area (Å²) in [6.07, 6.45) is 0. The van der Waals surface area contributed by atoms with Crippen molar-refractivity contribution in [2.45, 2.75) is 13.8 Å². The number of benzene rings is 1. The number of rotatable bonds is 8. The second-order valence-electron chi connectivity index (χ2n) is 4.51. The molecule has 0 radical (unpaired) electrons. The van der Waals surface area contributed by atoms with Crippen molar-refractivity contribution in [2.24, 2.45) is 0 Å². The number of nitrogens with one attached hydrogen (secondary N) is 2. The van der Waals surface area contributed by atoms with Crippen LogP contribution in [-0.4, -0.2) is 51.3 Å². The number of hydrogen-bond donors (Lipinski definition) is 2. The molecule has 1 aromatic carbocycles. The number of carbonyl (C=O) groups is 1. The summed E-state index contributed by atoms with van der Waals surface area (Å²) in [5.41, 5.74) is 0.631. The van der Waals surface area contributed by atoms with Crippen molar-refractivity contribution in [3.05, 3.63) is 18.2 Å². The molecule has 0 aliphatic heterocycles. The lowest BCUT2D eigenvalue weighted by Crippen LogP contribution is -2.36. The molecule has 0 spiro atoms. The molecular formula is C15H25N3O3. The number of hydrogen-bond acceptors (Lipinski definition) is 4. The molecule has 0 fully saturated rings. The molecule has 1 aromatic rings. The molecule has 0 aromatic heterocycles. The fourth-order valence-corrected chi connectivity index (χ4v) is 1.92. The molecule has 0 aliphatic rings. The summed E-state index contributed by atoms with van der Waals surface area (Å²) in [6.45, 7) is 7.61. The lowest BCUT2D eigenvalue weighted by atomic mass is 10.3. The molecule has 6 nitrogen and oxygen atoms in total. The van der Waals surface area contributed by atoms with E-state index in [4.69, 9.17) is 9.47 Å². The number of carbonyl (C=O) groups excluding carboxylic acids is 1. The van der Waals surface area contributed by atoms with Crippen LogP contribution in [0.5, 0.6) is 11.5 Å². The monoisotopic (exact) mass is 295 g/mol. The zero-order chi connectivity index (χ0) is 15.7. The Morgan fingerprint density at radius 1 is 1.10 bits per heavy atom. The van der Waals surface area contributed by atoms with E-state index in [0.29, 0.717) is 23.7 Å². The minimum Gasteiger partial charge on any atom is -0.497 e. The third-order valence-electron chi connectivity index (χ3n) is 3.22. The summed E-state index contributed by atoms with van der Waals surface area (Å²) >= 11 is 0. The number of urea groups is 1. The summed E-state index contributed by atoms with van der Waals surface area (Å²) in [5.74, 6) is 1.26. The maximum atomic E-state index is 11.8. The quantitative estimate of drug-likeness (QED) is 0.771. The molecular weight excluding hydrogens is 270 g/mol. The van der Waals surface area contributed by atoms with Gasteiger partial charge in [-0.25, -0.2) is 4.79 Å². The maximum absolute atomic E-state index is 11.8. The summed E-state index contributed by atoms with van der Waals surface area (Å²) in [5, 5.41) is 5.60. The Balaban J connectivity index is 2.50. The molecule has 0 saturated carbocycles. The van der Waals surface area contributed by atoms with Crippen LogP contribution < -0.4 is 20.1 Å². The van der Waals surface area contributed by atoms with Crippen LogP contribution in [0.3, 0.4) is 0 Å². The first kappa shape index (κ1) is 17.1. The highest BCUT2D eigenvalue weighted by Crippen LogP contribution is 2.25. The van der Waals surface area contributed by atoms with Crippen LogP contribution >= 0.6 is 0 Å². The van der Waals surface area contributed by atoms with Gasteiger partial charge in [0.15, 0.2) is 0 Å². The van der Waals surface area contributed by atoms with Crippen molar-refractivity contribution < 1.29 is 14.3 Å². The molecule has 0 heterocycles. The Kier molecular flexibility index (Phi) is 7.39. The van der Waals surface area contributed by atoms with Gasteiger partial charge in [-0.15, -0.1) is 0 Å². The number of amides is 2. The van der Waals surface area contributed by atoms with Gasteiger partial charge in [-0.2, -0.15) is 0 Å². The molecule has 0 bridgehead atoms. The molecule has 6 heteroatoms. The number of anilines is 1. The summed E-state index contributed by atoms with van der Waals surface area (Å²) < 4.78 is 10.3. The van der Waals surface area contributed by atoms with Crippen LogP contribution in [0.4, 0.5) is 10.5 Å². The van der Waals surface area contributed by atoms with Crippen LogP contribution in [0.1, 0.15) is 13.8 Å². The van der Waals surface area contributed by atoms with E-state index in [0.717, 1.165) is 19.6 Å². The summed E-state index contributed by atoms with van der Waals surface area (Å²) in [6, 6.07) is 5.00. The van der Waals surface area contributed by atoms with Crippen molar-refractivity contribution >= 4 is 11.7 Å². The smallest absolute Gasteiger partial charge is 0.319 e. The van der Waals surface area contributed by atoms with Crippen molar-refractivity contribution in [2.75, 3.05) is 45.7 Å². The Hall–Kier alpha value is -1.95. The highest BCUT2D eigenvalue weighted by atomic mass is 16.5. The molecule has 0 saturated heterocycles. The average molecular weight is 295 g/mol. The van der Waals surface area contributed by atoms with Crippen LogP contribution in [0.25, 0.3) is 0 Å². The third kappa shape index (κ3) is 5.91. The Morgan fingerprint density at radius 2 is 1.67 bits per heavy atom. The van der Waals surface area contributed by atoms with Gasteiger partial charge in [-0.05, 0) is 13.1 Å². The normalized spacial score (nSPS) is 10.3. The fraction of sp³-hybridized carbons (Fsp3) is 0.533. The molecule has 0 atom stereocenters. The Bertz CT molecular complexity index is 426. The van der Waals surface area contributed by atoms with Crippen LogP contribution in [0.2, 0.25) is 0 Å². The van der Waals surface area contributed by atoms with Gasteiger partial charge in [0.05, 0.1) is 14.2 Å². The highest BCUT2D eigenvalue weighted by Gasteiger charge is 2.06. The average Bonchev–Trinajstić information content (AvgIpc) is 2.51.